The summed E-state index contributed by atoms with van der Waals surface area (Å²) in [4.78, 5) is 24.5. The van der Waals surface area contributed by atoms with Crippen molar-refractivity contribution in [3.8, 4) is 0 Å². The summed E-state index contributed by atoms with van der Waals surface area (Å²) in [5, 5.41) is 9.66. The van der Waals surface area contributed by atoms with Crippen LogP contribution in [0.4, 0.5) is 0 Å². The molecule has 1 N–H and O–H groups in total. The van der Waals surface area contributed by atoms with Crippen molar-refractivity contribution >= 4 is 11.9 Å². The topological polar surface area (TPSA) is 72.8 Å². The van der Waals surface area contributed by atoms with E-state index in [1.165, 1.54) is 148 Å². The molecule has 1 atom stereocenters. The first-order valence-corrected chi connectivity index (χ1v) is 29.9. The van der Waals surface area contributed by atoms with Gasteiger partial charge in [-0.1, -0.05) is 290 Å². The number of ether oxygens (including phenoxy) is 2. The Labute approximate surface area is 440 Å². The molecule has 0 bridgehead atoms. The van der Waals surface area contributed by atoms with E-state index in [0.29, 0.717) is 12.8 Å². The van der Waals surface area contributed by atoms with Gasteiger partial charge in [0, 0.05) is 12.8 Å². The van der Waals surface area contributed by atoms with E-state index in [1.54, 1.807) is 0 Å². The quantitative estimate of drug-likeness (QED) is 0.0373. The summed E-state index contributed by atoms with van der Waals surface area (Å²) in [5.74, 6) is -0.599. The lowest BCUT2D eigenvalue weighted by atomic mass is 10.0. The first-order chi connectivity index (χ1) is 35.1. The van der Waals surface area contributed by atoms with Crippen molar-refractivity contribution in [1.29, 1.82) is 0 Å². The average molecular weight is 986 g/mol. The maximum Gasteiger partial charge on any atom is 0.306 e. The normalized spacial score (nSPS) is 13.0. The van der Waals surface area contributed by atoms with Gasteiger partial charge in [-0.05, 0) is 83.5 Å². The SMILES string of the molecule is CC/C=C\C/C=C\C/C=C\C/C=C\C/C=C\C/C=C\C/C=C\C/C=C\C/C=C\CCCCCCCCCC(=O)OC(CO)COC(=O)CCCCCCCCCCCCCCCCCCCCCCCC. The van der Waals surface area contributed by atoms with Crippen LogP contribution in [0.15, 0.2) is 109 Å². The minimum Gasteiger partial charge on any atom is -0.462 e. The molecule has 0 aromatic carbocycles. The molecule has 0 aliphatic rings. The van der Waals surface area contributed by atoms with Crippen molar-refractivity contribution < 1.29 is 24.2 Å². The zero-order valence-electron chi connectivity index (χ0n) is 46.5. The Morgan fingerprint density at radius 2 is 0.606 bits per heavy atom. The summed E-state index contributed by atoms with van der Waals surface area (Å²) < 4.78 is 10.7. The molecule has 0 aromatic heterocycles. The highest BCUT2D eigenvalue weighted by Crippen LogP contribution is 2.16. The smallest absolute Gasteiger partial charge is 0.306 e. The molecule has 0 saturated heterocycles. The highest BCUT2D eigenvalue weighted by atomic mass is 16.6. The molecular formula is C66H112O5. The zero-order valence-corrected chi connectivity index (χ0v) is 46.5. The molecule has 406 valence electrons. The van der Waals surface area contributed by atoms with Crippen LogP contribution in [0.5, 0.6) is 0 Å². The highest BCUT2D eigenvalue weighted by molar-refractivity contribution is 5.70. The standard InChI is InChI=1S/C66H112O5/c1-3-5-7-9-11-13-15-17-19-21-23-25-27-28-29-30-31-32-33-34-35-36-37-38-39-41-43-45-47-49-51-53-55-57-59-61-66(69)71-64(62-67)63-70-65(68)60-58-56-54-52-50-48-46-44-42-40-26-24-22-20-18-16-14-12-10-8-6-4-2/h5,7,11,13,17,19,23,25,28-29,31-32,34-35,37-38,41,43,64,67H,3-4,6,8-10,12,14-16,18,20-22,24,26-27,30,33,36,39-40,42,44-63H2,1-2H3/b7-5-,13-11-,19-17-,25-23-,29-28-,32-31-,35-34-,38-37-,43-41-. The van der Waals surface area contributed by atoms with E-state index >= 15 is 0 Å². The Morgan fingerprint density at radius 1 is 0.338 bits per heavy atom. The summed E-state index contributed by atoms with van der Waals surface area (Å²) in [7, 11) is 0. The number of carbonyl (C=O) groups is 2. The van der Waals surface area contributed by atoms with Gasteiger partial charge < -0.3 is 14.6 Å². The van der Waals surface area contributed by atoms with E-state index in [2.05, 4.69) is 123 Å². The first-order valence-electron chi connectivity index (χ1n) is 29.9. The second-order valence-corrected chi connectivity index (χ2v) is 19.7. The number of aliphatic hydroxyl groups excluding tert-OH is 1. The number of unbranched alkanes of at least 4 members (excludes halogenated alkanes) is 28. The molecular weight excluding hydrogens is 873 g/mol. The maximum absolute atomic E-state index is 12.3. The predicted octanol–water partition coefficient (Wildman–Crippen LogP) is 20.5. The van der Waals surface area contributed by atoms with Crippen LogP contribution >= 0.6 is 0 Å². The van der Waals surface area contributed by atoms with Crippen LogP contribution in [0.3, 0.4) is 0 Å². The van der Waals surface area contributed by atoms with E-state index in [1.807, 2.05) is 0 Å². The molecule has 0 spiro atoms. The third kappa shape index (κ3) is 59.0. The fraction of sp³-hybridized carbons (Fsp3) is 0.697. The number of rotatable bonds is 54. The number of hydrogen-bond donors (Lipinski definition) is 1. The minimum absolute atomic E-state index is 0.0727. The van der Waals surface area contributed by atoms with Crippen molar-refractivity contribution in [2.75, 3.05) is 13.2 Å². The molecule has 0 fully saturated rings. The fourth-order valence-corrected chi connectivity index (χ4v) is 8.37. The van der Waals surface area contributed by atoms with Crippen LogP contribution < -0.4 is 0 Å². The third-order valence-corrected chi connectivity index (χ3v) is 12.8. The average Bonchev–Trinajstić information content (AvgIpc) is 3.37. The third-order valence-electron chi connectivity index (χ3n) is 12.8. The van der Waals surface area contributed by atoms with Crippen molar-refractivity contribution in [3.63, 3.8) is 0 Å². The Hall–Kier alpha value is -3.44. The minimum atomic E-state index is -0.784. The number of aliphatic hydroxyl groups is 1. The van der Waals surface area contributed by atoms with Gasteiger partial charge in [0.1, 0.15) is 6.61 Å². The molecule has 5 nitrogen and oxygen atoms in total. The Bertz CT molecular complexity index is 1390. The number of allylic oxidation sites excluding steroid dienone is 18. The van der Waals surface area contributed by atoms with Crippen molar-refractivity contribution in [3.05, 3.63) is 109 Å². The summed E-state index contributed by atoms with van der Waals surface area (Å²) in [6.07, 6.45) is 87.8. The van der Waals surface area contributed by atoms with Gasteiger partial charge in [-0.15, -0.1) is 0 Å². The summed E-state index contributed by atoms with van der Waals surface area (Å²) in [5.41, 5.74) is 0. The van der Waals surface area contributed by atoms with E-state index in [9.17, 15) is 14.7 Å². The van der Waals surface area contributed by atoms with Crippen molar-refractivity contribution in [1.82, 2.24) is 0 Å². The largest absolute Gasteiger partial charge is 0.462 e. The number of esters is 2. The molecule has 0 aromatic rings. The second kappa shape index (κ2) is 60.9. The Kier molecular flexibility index (Phi) is 57.9. The number of carbonyl (C=O) groups excluding carboxylic acids is 2. The molecule has 0 rings (SSSR count). The highest BCUT2D eigenvalue weighted by Gasteiger charge is 2.16. The van der Waals surface area contributed by atoms with Gasteiger partial charge in [0.15, 0.2) is 6.10 Å². The maximum atomic E-state index is 12.3. The fourth-order valence-electron chi connectivity index (χ4n) is 8.37. The van der Waals surface area contributed by atoms with Crippen LogP contribution in [0.25, 0.3) is 0 Å². The second-order valence-electron chi connectivity index (χ2n) is 19.7. The van der Waals surface area contributed by atoms with E-state index in [0.717, 1.165) is 103 Å². The van der Waals surface area contributed by atoms with Crippen LogP contribution in [-0.4, -0.2) is 36.4 Å². The monoisotopic (exact) mass is 985 g/mol. The van der Waals surface area contributed by atoms with Gasteiger partial charge in [0.25, 0.3) is 0 Å². The summed E-state index contributed by atoms with van der Waals surface area (Å²) in [6, 6.07) is 0. The molecule has 71 heavy (non-hydrogen) atoms. The van der Waals surface area contributed by atoms with E-state index in [-0.39, 0.29) is 25.2 Å². The van der Waals surface area contributed by atoms with Crippen molar-refractivity contribution in [2.24, 2.45) is 0 Å². The van der Waals surface area contributed by atoms with Gasteiger partial charge in [0.05, 0.1) is 6.61 Å². The Balaban J connectivity index is 3.57. The molecule has 0 saturated carbocycles. The molecule has 5 heteroatoms. The predicted molar refractivity (Wildman–Crippen MR) is 311 cm³/mol. The van der Waals surface area contributed by atoms with Gasteiger partial charge in [0.2, 0.25) is 0 Å². The van der Waals surface area contributed by atoms with Crippen LogP contribution in [0, 0.1) is 0 Å². The lowest BCUT2D eigenvalue weighted by molar-refractivity contribution is -0.161. The molecule has 0 amide bonds. The Morgan fingerprint density at radius 3 is 0.915 bits per heavy atom. The van der Waals surface area contributed by atoms with Gasteiger partial charge in [-0.3, -0.25) is 9.59 Å². The molecule has 1 unspecified atom stereocenters. The van der Waals surface area contributed by atoms with E-state index in [4.69, 9.17) is 9.47 Å². The molecule has 0 aliphatic heterocycles. The zero-order chi connectivity index (χ0) is 51.3. The molecule has 0 aliphatic carbocycles. The van der Waals surface area contributed by atoms with Crippen LogP contribution in [0.1, 0.15) is 277 Å². The molecule has 0 heterocycles. The lowest BCUT2D eigenvalue weighted by Gasteiger charge is -2.15. The molecule has 0 radical (unpaired) electrons. The summed E-state index contributed by atoms with van der Waals surface area (Å²) >= 11 is 0. The van der Waals surface area contributed by atoms with Crippen molar-refractivity contribution in [2.45, 2.75) is 283 Å². The first kappa shape index (κ1) is 67.6. The van der Waals surface area contributed by atoms with Gasteiger partial charge >= 0.3 is 11.9 Å². The number of hydrogen-bond acceptors (Lipinski definition) is 5. The van der Waals surface area contributed by atoms with E-state index < -0.39 is 6.10 Å². The van der Waals surface area contributed by atoms with Gasteiger partial charge in [-0.2, -0.15) is 0 Å². The van der Waals surface area contributed by atoms with Crippen LogP contribution in [0.2, 0.25) is 0 Å². The van der Waals surface area contributed by atoms with Gasteiger partial charge in [-0.25, -0.2) is 0 Å². The van der Waals surface area contributed by atoms with Crippen LogP contribution in [-0.2, 0) is 19.1 Å². The summed E-state index contributed by atoms with van der Waals surface area (Å²) in [6.45, 7) is 4.04. The lowest BCUT2D eigenvalue weighted by Crippen LogP contribution is -2.28.